The molecule has 1 fully saturated rings. The number of carbonyl (C=O) groups is 1. The lowest BCUT2D eigenvalue weighted by atomic mass is 10.2. The highest BCUT2D eigenvalue weighted by Crippen LogP contribution is 2.24. The Hall–Kier alpha value is -0.170. The topological polar surface area (TPSA) is 49.3 Å². The van der Waals surface area contributed by atoms with E-state index < -0.39 is 5.97 Å². The Morgan fingerprint density at radius 1 is 1.56 bits per heavy atom. The van der Waals surface area contributed by atoms with Crippen molar-refractivity contribution in [3.63, 3.8) is 0 Å². The van der Waals surface area contributed by atoms with Gasteiger partial charge in [0.1, 0.15) is 4.88 Å². The second kappa shape index (κ2) is 6.84. The van der Waals surface area contributed by atoms with E-state index in [0.717, 1.165) is 23.5 Å². The van der Waals surface area contributed by atoms with Crippen molar-refractivity contribution >= 4 is 40.8 Å². The van der Waals surface area contributed by atoms with Crippen molar-refractivity contribution in [3.05, 3.63) is 21.4 Å². The first kappa shape index (κ1) is 14.2. The Balaban J connectivity index is 1.80. The van der Waals surface area contributed by atoms with Crippen LogP contribution < -0.4 is 5.32 Å². The summed E-state index contributed by atoms with van der Waals surface area (Å²) in [6.07, 6.45) is 0. The first-order valence-electron chi connectivity index (χ1n) is 5.89. The third-order valence-electron chi connectivity index (χ3n) is 2.80. The van der Waals surface area contributed by atoms with Gasteiger partial charge in [0, 0.05) is 40.5 Å². The summed E-state index contributed by atoms with van der Waals surface area (Å²) in [5.41, 5.74) is 1.12. The average Bonchev–Trinajstić information content (AvgIpc) is 2.73. The van der Waals surface area contributed by atoms with Gasteiger partial charge in [0.25, 0.3) is 0 Å². The lowest BCUT2D eigenvalue weighted by Crippen LogP contribution is -2.28. The number of thioether (sulfide) groups is 2. The SMILES string of the molecule is Cc1sc(C(=O)O)cc1CNCC1CSCCS1. The molecule has 6 heteroatoms. The van der Waals surface area contributed by atoms with E-state index in [9.17, 15) is 4.79 Å². The first-order chi connectivity index (χ1) is 8.66. The zero-order valence-corrected chi connectivity index (χ0v) is 12.7. The van der Waals surface area contributed by atoms with Gasteiger partial charge < -0.3 is 10.4 Å². The Bertz CT molecular complexity index is 413. The molecule has 0 amide bonds. The van der Waals surface area contributed by atoms with E-state index in [4.69, 9.17) is 5.11 Å². The molecule has 1 aliphatic rings. The molecule has 1 saturated heterocycles. The number of rotatable bonds is 5. The molecule has 1 aromatic rings. The van der Waals surface area contributed by atoms with Crippen molar-refractivity contribution in [1.29, 1.82) is 0 Å². The van der Waals surface area contributed by atoms with Gasteiger partial charge in [-0.25, -0.2) is 4.79 Å². The Morgan fingerprint density at radius 2 is 2.39 bits per heavy atom. The van der Waals surface area contributed by atoms with Gasteiger partial charge in [-0.2, -0.15) is 23.5 Å². The van der Waals surface area contributed by atoms with E-state index in [1.54, 1.807) is 6.07 Å². The predicted molar refractivity (Wildman–Crippen MR) is 81.3 cm³/mol. The van der Waals surface area contributed by atoms with Crippen molar-refractivity contribution < 1.29 is 9.90 Å². The number of aromatic carboxylic acids is 1. The quantitative estimate of drug-likeness (QED) is 0.876. The molecular weight excluding hydrogens is 286 g/mol. The molecule has 1 unspecified atom stereocenters. The molecule has 2 rings (SSSR count). The summed E-state index contributed by atoms with van der Waals surface area (Å²) >= 11 is 5.42. The molecule has 0 aliphatic carbocycles. The van der Waals surface area contributed by atoms with Gasteiger partial charge in [-0.3, -0.25) is 0 Å². The van der Waals surface area contributed by atoms with E-state index in [-0.39, 0.29) is 0 Å². The smallest absolute Gasteiger partial charge is 0.345 e. The van der Waals surface area contributed by atoms with Gasteiger partial charge in [-0.05, 0) is 18.6 Å². The molecular formula is C12H17NO2S3. The summed E-state index contributed by atoms with van der Waals surface area (Å²) in [6.45, 7) is 3.77. The van der Waals surface area contributed by atoms with E-state index in [1.165, 1.54) is 28.6 Å². The first-order valence-corrected chi connectivity index (χ1v) is 8.91. The van der Waals surface area contributed by atoms with Crippen molar-refractivity contribution in [3.8, 4) is 0 Å². The number of hydrogen-bond donors (Lipinski definition) is 2. The molecule has 0 aromatic carbocycles. The normalized spacial score (nSPS) is 19.9. The van der Waals surface area contributed by atoms with Crippen LogP contribution >= 0.6 is 34.9 Å². The van der Waals surface area contributed by atoms with Gasteiger partial charge >= 0.3 is 5.97 Å². The summed E-state index contributed by atoms with van der Waals surface area (Å²) < 4.78 is 0. The van der Waals surface area contributed by atoms with E-state index in [2.05, 4.69) is 5.32 Å². The number of carboxylic acids is 1. The fourth-order valence-electron chi connectivity index (χ4n) is 1.82. The molecule has 2 N–H and O–H groups in total. The second-order valence-electron chi connectivity index (χ2n) is 4.20. The fourth-order valence-corrected chi connectivity index (χ4v) is 5.35. The largest absolute Gasteiger partial charge is 0.477 e. The van der Waals surface area contributed by atoms with Crippen molar-refractivity contribution in [2.75, 3.05) is 23.8 Å². The van der Waals surface area contributed by atoms with Crippen LogP contribution in [0.2, 0.25) is 0 Å². The summed E-state index contributed by atoms with van der Waals surface area (Å²) in [7, 11) is 0. The molecule has 1 aliphatic heterocycles. The van der Waals surface area contributed by atoms with Crippen LogP contribution in [0.1, 0.15) is 20.1 Å². The highest BCUT2D eigenvalue weighted by molar-refractivity contribution is 8.06. The zero-order valence-electron chi connectivity index (χ0n) is 10.3. The minimum Gasteiger partial charge on any atom is -0.477 e. The molecule has 18 heavy (non-hydrogen) atoms. The van der Waals surface area contributed by atoms with Crippen LogP contribution in [0, 0.1) is 6.92 Å². The second-order valence-corrected chi connectivity index (χ2v) is 8.01. The number of nitrogens with one attached hydrogen (secondary N) is 1. The van der Waals surface area contributed by atoms with Crippen LogP contribution in [0.3, 0.4) is 0 Å². The highest BCUT2D eigenvalue weighted by atomic mass is 32.2. The number of hydrogen-bond acceptors (Lipinski definition) is 5. The summed E-state index contributed by atoms with van der Waals surface area (Å²) in [5.74, 6) is 2.92. The third kappa shape index (κ3) is 3.91. The minimum absolute atomic E-state index is 0.437. The van der Waals surface area contributed by atoms with E-state index >= 15 is 0 Å². The van der Waals surface area contributed by atoms with Gasteiger partial charge in [0.15, 0.2) is 0 Å². The van der Waals surface area contributed by atoms with Crippen molar-refractivity contribution in [2.45, 2.75) is 18.7 Å². The maximum atomic E-state index is 10.9. The number of carboxylic acid groups (broad SMARTS) is 1. The average molecular weight is 303 g/mol. The Kier molecular flexibility index (Phi) is 5.41. The molecule has 3 nitrogen and oxygen atoms in total. The summed E-state index contributed by atoms with van der Waals surface area (Å²) in [5, 5.41) is 13.1. The summed E-state index contributed by atoms with van der Waals surface area (Å²) in [6, 6.07) is 1.79. The van der Waals surface area contributed by atoms with Crippen LogP contribution in [0.25, 0.3) is 0 Å². The number of thiophene rings is 1. The maximum Gasteiger partial charge on any atom is 0.345 e. The zero-order chi connectivity index (χ0) is 13.0. The monoisotopic (exact) mass is 303 g/mol. The van der Waals surface area contributed by atoms with E-state index in [1.807, 2.05) is 30.4 Å². The van der Waals surface area contributed by atoms with Crippen LogP contribution in [-0.2, 0) is 6.54 Å². The molecule has 0 radical (unpaired) electrons. The Morgan fingerprint density at radius 3 is 3.00 bits per heavy atom. The van der Waals surface area contributed by atoms with Gasteiger partial charge in [-0.1, -0.05) is 0 Å². The minimum atomic E-state index is -0.825. The molecule has 1 aromatic heterocycles. The lowest BCUT2D eigenvalue weighted by Gasteiger charge is -2.21. The molecule has 0 bridgehead atoms. The van der Waals surface area contributed by atoms with Gasteiger partial charge in [0.05, 0.1) is 0 Å². The predicted octanol–water partition coefficient (Wildman–Crippen LogP) is 2.69. The van der Waals surface area contributed by atoms with Gasteiger partial charge in [-0.15, -0.1) is 11.3 Å². The number of aryl methyl sites for hydroxylation is 1. The molecule has 2 heterocycles. The van der Waals surface area contributed by atoms with Crippen LogP contribution in [-0.4, -0.2) is 40.1 Å². The molecule has 0 spiro atoms. The third-order valence-corrected chi connectivity index (χ3v) is 6.73. The van der Waals surface area contributed by atoms with Crippen LogP contribution in [0.4, 0.5) is 0 Å². The van der Waals surface area contributed by atoms with E-state index in [0.29, 0.717) is 10.1 Å². The van der Waals surface area contributed by atoms with Crippen molar-refractivity contribution in [2.24, 2.45) is 0 Å². The highest BCUT2D eigenvalue weighted by Gasteiger charge is 2.15. The maximum absolute atomic E-state index is 10.9. The van der Waals surface area contributed by atoms with Gasteiger partial charge in [0.2, 0.25) is 0 Å². The standard InChI is InChI=1S/C12H17NO2S3/c1-8-9(4-11(18-8)12(14)15)5-13-6-10-7-16-2-3-17-10/h4,10,13H,2-3,5-7H2,1H3,(H,14,15). The van der Waals surface area contributed by atoms with Crippen molar-refractivity contribution in [1.82, 2.24) is 5.32 Å². The Labute approximate surface area is 120 Å². The fraction of sp³-hybridized carbons (Fsp3) is 0.583. The lowest BCUT2D eigenvalue weighted by molar-refractivity contribution is 0.0702. The van der Waals surface area contributed by atoms with Crippen LogP contribution in [0.5, 0.6) is 0 Å². The molecule has 100 valence electrons. The summed E-state index contributed by atoms with van der Waals surface area (Å²) in [4.78, 5) is 12.4. The van der Waals surface area contributed by atoms with Crippen LogP contribution in [0.15, 0.2) is 6.07 Å². The molecule has 0 saturated carbocycles. The molecule has 1 atom stereocenters.